The first-order chi connectivity index (χ1) is 9.60. The van der Waals surface area contributed by atoms with E-state index in [1.165, 1.54) is 7.11 Å². The summed E-state index contributed by atoms with van der Waals surface area (Å²) in [7, 11) is 1.52. The average molecular weight is 291 g/mol. The standard InChI is InChI=1S/C15H15ClN2O2/c1-10-7-11(15(19)14(8-10)20-2)9-17-18-13-5-3-12(16)4-6-13/h3-9,18-19H,1-2H3/b17-9+. The number of benzene rings is 2. The highest BCUT2D eigenvalue weighted by molar-refractivity contribution is 6.30. The number of phenolic OH excluding ortho intramolecular Hbond substituents is 1. The van der Waals surface area contributed by atoms with Crippen molar-refractivity contribution < 1.29 is 9.84 Å². The molecule has 4 nitrogen and oxygen atoms in total. The molecule has 0 atom stereocenters. The lowest BCUT2D eigenvalue weighted by Crippen LogP contribution is -1.93. The number of ether oxygens (including phenoxy) is 1. The molecule has 20 heavy (non-hydrogen) atoms. The van der Waals surface area contributed by atoms with Gasteiger partial charge in [-0.05, 0) is 48.9 Å². The zero-order valence-corrected chi connectivity index (χ0v) is 12.0. The van der Waals surface area contributed by atoms with Gasteiger partial charge in [-0.15, -0.1) is 0 Å². The highest BCUT2D eigenvalue weighted by Crippen LogP contribution is 2.30. The number of anilines is 1. The molecule has 0 radical (unpaired) electrons. The molecule has 0 saturated heterocycles. The number of aryl methyl sites for hydroxylation is 1. The van der Waals surface area contributed by atoms with Gasteiger partial charge in [0, 0.05) is 10.6 Å². The van der Waals surface area contributed by atoms with Crippen molar-refractivity contribution in [3.8, 4) is 11.5 Å². The molecule has 0 fully saturated rings. The van der Waals surface area contributed by atoms with Crippen molar-refractivity contribution in [2.75, 3.05) is 12.5 Å². The Morgan fingerprint density at radius 2 is 1.95 bits per heavy atom. The second-order valence-corrected chi connectivity index (χ2v) is 4.72. The number of halogens is 1. The molecule has 5 heteroatoms. The van der Waals surface area contributed by atoms with Crippen LogP contribution in [-0.2, 0) is 0 Å². The Bertz CT molecular complexity index is 625. The Kier molecular flexibility index (Phi) is 4.48. The Labute approximate surface area is 122 Å². The molecule has 0 aliphatic carbocycles. The van der Waals surface area contributed by atoms with Crippen molar-refractivity contribution >= 4 is 23.5 Å². The van der Waals surface area contributed by atoms with Gasteiger partial charge < -0.3 is 9.84 Å². The van der Waals surface area contributed by atoms with Crippen molar-refractivity contribution in [2.24, 2.45) is 5.10 Å². The highest BCUT2D eigenvalue weighted by atomic mass is 35.5. The van der Waals surface area contributed by atoms with Crippen molar-refractivity contribution in [3.63, 3.8) is 0 Å². The molecule has 0 amide bonds. The lowest BCUT2D eigenvalue weighted by Gasteiger charge is -2.07. The second-order valence-electron chi connectivity index (χ2n) is 4.28. The molecule has 0 aromatic heterocycles. The molecule has 2 rings (SSSR count). The molecule has 0 saturated carbocycles. The molecule has 2 aromatic carbocycles. The minimum atomic E-state index is 0.0692. The molecular formula is C15H15ClN2O2. The molecule has 2 aromatic rings. The van der Waals surface area contributed by atoms with Crippen LogP contribution in [0.25, 0.3) is 0 Å². The number of aromatic hydroxyl groups is 1. The van der Waals surface area contributed by atoms with E-state index in [0.717, 1.165) is 11.3 Å². The molecule has 0 heterocycles. The summed E-state index contributed by atoms with van der Waals surface area (Å²) in [6, 6.07) is 10.8. The lowest BCUT2D eigenvalue weighted by molar-refractivity contribution is 0.373. The molecule has 0 spiro atoms. The number of nitrogens with zero attached hydrogens (tertiary/aromatic N) is 1. The molecule has 104 valence electrons. The predicted octanol–water partition coefficient (Wildman–Crippen LogP) is 3.81. The predicted molar refractivity (Wildman–Crippen MR) is 82.1 cm³/mol. The summed E-state index contributed by atoms with van der Waals surface area (Å²) in [6.07, 6.45) is 1.54. The number of rotatable bonds is 4. The third-order valence-electron chi connectivity index (χ3n) is 2.71. The quantitative estimate of drug-likeness (QED) is 0.665. The first-order valence-corrected chi connectivity index (χ1v) is 6.40. The zero-order chi connectivity index (χ0) is 14.5. The Morgan fingerprint density at radius 3 is 2.60 bits per heavy atom. The minimum absolute atomic E-state index is 0.0692. The van der Waals surface area contributed by atoms with E-state index in [1.807, 2.05) is 25.1 Å². The van der Waals surface area contributed by atoms with Gasteiger partial charge in [-0.3, -0.25) is 5.43 Å². The average Bonchev–Trinajstić information content (AvgIpc) is 2.44. The van der Waals surface area contributed by atoms with Crippen LogP contribution in [-0.4, -0.2) is 18.4 Å². The number of methoxy groups -OCH3 is 1. The molecule has 0 bridgehead atoms. The first-order valence-electron chi connectivity index (χ1n) is 6.02. The van der Waals surface area contributed by atoms with Crippen molar-refractivity contribution in [3.05, 3.63) is 52.5 Å². The van der Waals surface area contributed by atoms with Crippen LogP contribution >= 0.6 is 11.6 Å². The van der Waals surface area contributed by atoms with Crippen LogP contribution in [0.5, 0.6) is 11.5 Å². The Balaban J connectivity index is 2.15. The normalized spacial score (nSPS) is 10.8. The van der Waals surface area contributed by atoms with E-state index < -0.39 is 0 Å². The van der Waals surface area contributed by atoms with E-state index >= 15 is 0 Å². The molecule has 0 aliphatic heterocycles. The number of hydrogen-bond acceptors (Lipinski definition) is 4. The fourth-order valence-electron chi connectivity index (χ4n) is 1.73. The summed E-state index contributed by atoms with van der Waals surface area (Å²) < 4.78 is 5.10. The Hall–Kier alpha value is -2.20. The van der Waals surface area contributed by atoms with Crippen LogP contribution in [0.3, 0.4) is 0 Å². The molecular weight excluding hydrogens is 276 g/mol. The van der Waals surface area contributed by atoms with Crippen LogP contribution in [0, 0.1) is 6.92 Å². The third kappa shape index (κ3) is 3.42. The largest absolute Gasteiger partial charge is 0.504 e. The van der Waals surface area contributed by atoms with Gasteiger partial charge in [-0.2, -0.15) is 5.10 Å². The Morgan fingerprint density at radius 1 is 1.25 bits per heavy atom. The van der Waals surface area contributed by atoms with Crippen molar-refractivity contribution in [2.45, 2.75) is 6.92 Å². The summed E-state index contributed by atoms with van der Waals surface area (Å²) >= 11 is 5.80. The van der Waals surface area contributed by atoms with Crippen LogP contribution < -0.4 is 10.2 Å². The maximum absolute atomic E-state index is 9.99. The van der Waals surface area contributed by atoms with E-state index in [0.29, 0.717) is 16.3 Å². The van der Waals surface area contributed by atoms with E-state index in [-0.39, 0.29) is 5.75 Å². The fourth-order valence-corrected chi connectivity index (χ4v) is 1.85. The summed E-state index contributed by atoms with van der Waals surface area (Å²) in [5.74, 6) is 0.498. The summed E-state index contributed by atoms with van der Waals surface area (Å²) in [5, 5.41) is 14.7. The minimum Gasteiger partial charge on any atom is -0.504 e. The van der Waals surface area contributed by atoms with Gasteiger partial charge in [0.05, 0.1) is 19.0 Å². The van der Waals surface area contributed by atoms with Gasteiger partial charge in [0.2, 0.25) is 0 Å². The molecule has 0 unspecified atom stereocenters. The zero-order valence-electron chi connectivity index (χ0n) is 11.2. The second kappa shape index (κ2) is 6.30. The smallest absolute Gasteiger partial charge is 0.166 e. The van der Waals surface area contributed by atoms with Crippen LogP contribution in [0.1, 0.15) is 11.1 Å². The van der Waals surface area contributed by atoms with Gasteiger partial charge in [-0.1, -0.05) is 11.6 Å². The van der Waals surface area contributed by atoms with Gasteiger partial charge in [0.1, 0.15) is 0 Å². The first kappa shape index (κ1) is 14.2. The van der Waals surface area contributed by atoms with Gasteiger partial charge >= 0.3 is 0 Å². The summed E-state index contributed by atoms with van der Waals surface area (Å²) in [5.41, 5.74) is 5.24. The van der Waals surface area contributed by atoms with Crippen molar-refractivity contribution in [1.82, 2.24) is 0 Å². The summed E-state index contributed by atoms with van der Waals surface area (Å²) in [6.45, 7) is 1.92. The van der Waals surface area contributed by atoms with E-state index in [2.05, 4.69) is 10.5 Å². The van der Waals surface area contributed by atoms with E-state index in [4.69, 9.17) is 16.3 Å². The number of phenols is 1. The number of hydrazone groups is 1. The van der Waals surface area contributed by atoms with Crippen molar-refractivity contribution in [1.29, 1.82) is 0 Å². The number of nitrogens with one attached hydrogen (secondary N) is 1. The molecule has 0 aliphatic rings. The van der Waals surface area contributed by atoms with E-state index in [9.17, 15) is 5.11 Å². The van der Waals surface area contributed by atoms with Crippen LogP contribution in [0.4, 0.5) is 5.69 Å². The SMILES string of the molecule is COc1cc(C)cc(/C=N/Nc2ccc(Cl)cc2)c1O. The van der Waals surface area contributed by atoms with Gasteiger partial charge in [0.25, 0.3) is 0 Å². The third-order valence-corrected chi connectivity index (χ3v) is 2.96. The topological polar surface area (TPSA) is 53.8 Å². The summed E-state index contributed by atoms with van der Waals surface area (Å²) in [4.78, 5) is 0. The van der Waals surface area contributed by atoms with E-state index in [1.54, 1.807) is 24.4 Å². The monoisotopic (exact) mass is 290 g/mol. The van der Waals surface area contributed by atoms with Gasteiger partial charge in [-0.25, -0.2) is 0 Å². The molecule has 2 N–H and O–H groups in total. The maximum Gasteiger partial charge on any atom is 0.166 e. The lowest BCUT2D eigenvalue weighted by atomic mass is 10.1. The van der Waals surface area contributed by atoms with Gasteiger partial charge in [0.15, 0.2) is 11.5 Å². The fraction of sp³-hybridized carbons (Fsp3) is 0.133. The maximum atomic E-state index is 9.99. The van der Waals surface area contributed by atoms with Crippen LogP contribution in [0.15, 0.2) is 41.5 Å². The highest BCUT2D eigenvalue weighted by Gasteiger charge is 2.07. The number of hydrogen-bond donors (Lipinski definition) is 2. The van der Waals surface area contributed by atoms with Crippen LogP contribution in [0.2, 0.25) is 5.02 Å².